The Morgan fingerprint density at radius 1 is 1.12 bits per heavy atom. The smallest absolute Gasteiger partial charge is 0.416 e. The van der Waals surface area contributed by atoms with Crippen LogP contribution < -0.4 is 15.4 Å². The Balaban J connectivity index is 1.42. The average molecular weight is 583 g/mol. The predicted molar refractivity (Wildman–Crippen MR) is 151 cm³/mol. The van der Waals surface area contributed by atoms with Crippen molar-refractivity contribution in [1.82, 2.24) is 19.9 Å². The summed E-state index contributed by atoms with van der Waals surface area (Å²) >= 11 is 0. The van der Waals surface area contributed by atoms with Gasteiger partial charge in [-0.2, -0.15) is 13.2 Å². The maximum absolute atomic E-state index is 12.8. The number of carbonyl (C=O) groups is 1. The van der Waals surface area contributed by atoms with Crippen molar-refractivity contribution in [1.29, 1.82) is 0 Å². The molecule has 3 heterocycles. The van der Waals surface area contributed by atoms with E-state index in [0.29, 0.717) is 52.5 Å². The molecule has 0 radical (unpaired) electrons. The van der Waals surface area contributed by atoms with Crippen LogP contribution in [0, 0.1) is 6.92 Å². The van der Waals surface area contributed by atoms with Gasteiger partial charge in [0, 0.05) is 54.5 Å². The van der Waals surface area contributed by atoms with Gasteiger partial charge in [-0.1, -0.05) is 24.3 Å². The van der Waals surface area contributed by atoms with Crippen molar-refractivity contribution < 1.29 is 32.9 Å². The van der Waals surface area contributed by atoms with Crippen molar-refractivity contribution in [3.8, 4) is 22.9 Å². The molecule has 1 aliphatic heterocycles. The number of aryl methyl sites for hydroxylation is 1. The SMILES string of the molecule is Cc1ccc2c(NC[C@H](O)C(F)(F)F)cccc2c1Oc1ncccc1-c1ccnc(NC2CCCN(C(=O)O)C2)n1. The van der Waals surface area contributed by atoms with E-state index in [2.05, 4.69) is 25.6 Å². The minimum atomic E-state index is -4.73. The molecule has 2 aromatic heterocycles. The largest absolute Gasteiger partial charge is 0.465 e. The maximum atomic E-state index is 12.8. The molecule has 1 amide bonds. The summed E-state index contributed by atoms with van der Waals surface area (Å²) < 4.78 is 44.9. The number of piperidine rings is 1. The fourth-order valence-electron chi connectivity index (χ4n) is 4.84. The van der Waals surface area contributed by atoms with Crippen LogP contribution in [0.2, 0.25) is 0 Å². The molecule has 42 heavy (non-hydrogen) atoms. The number of hydrogen-bond donors (Lipinski definition) is 4. The summed E-state index contributed by atoms with van der Waals surface area (Å²) in [6, 6.07) is 13.8. The minimum Gasteiger partial charge on any atom is -0.465 e. The fraction of sp³-hybridized carbons (Fsp3) is 0.310. The number of ether oxygens (including phenoxy) is 1. The number of aliphatic hydroxyl groups is 1. The number of nitrogens with zero attached hydrogens (tertiary/aromatic N) is 4. The molecule has 2 atom stereocenters. The average Bonchev–Trinajstić information content (AvgIpc) is 2.97. The summed E-state index contributed by atoms with van der Waals surface area (Å²) in [6.45, 7) is 1.97. The van der Waals surface area contributed by atoms with Gasteiger partial charge in [0.2, 0.25) is 11.8 Å². The summed E-state index contributed by atoms with van der Waals surface area (Å²) in [5.74, 6) is 1.08. The molecule has 1 saturated heterocycles. The fourth-order valence-corrected chi connectivity index (χ4v) is 4.84. The first-order chi connectivity index (χ1) is 20.1. The lowest BCUT2D eigenvalue weighted by molar-refractivity contribution is -0.198. The highest BCUT2D eigenvalue weighted by atomic mass is 19.4. The number of alkyl halides is 3. The van der Waals surface area contributed by atoms with Crippen molar-refractivity contribution in [3.63, 3.8) is 0 Å². The van der Waals surface area contributed by atoms with Crippen LogP contribution in [0.3, 0.4) is 0 Å². The number of anilines is 2. The lowest BCUT2D eigenvalue weighted by atomic mass is 10.0. The van der Waals surface area contributed by atoms with E-state index in [1.165, 1.54) is 4.90 Å². The summed E-state index contributed by atoms with van der Waals surface area (Å²) in [5, 5.41) is 25.9. The molecular formula is C29H29F3N6O4. The number of aromatic nitrogens is 3. The van der Waals surface area contributed by atoms with Gasteiger partial charge >= 0.3 is 12.3 Å². The van der Waals surface area contributed by atoms with Gasteiger partial charge in [0.1, 0.15) is 5.75 Å². The third kappa shape index (κ3) is 6.46. The monoisotopic (exact) mass is 582 g/mol. The van der Waals surface area contributed by atoms with E-state index < -0.39 is 24.9 Å². The Morgan fingerprint density at radius 2 is 1.95 bits per heavy atom. The Labute approximate surface area is 239 Å². The molecule has 4 N–H and O–H groups in total. The van der Waals surface area contributed by atoms with Crippen molar-refractivity contribution in [2.75, 3.05) is 30.3 Å². The van der Waals surface area contributed by atoms with Gasteiger partial charge in [0.25, 0.3) is 0 Å². The van der Waals surface area contributed by atoms with Gasteiger partial charge in [0.15, 0.2) is 6.10 Å². The quantitative estimate of drug-likeness (QED) is 0.207. The molecule has 10 nitrogen and oxygen atoms in total. The molecule has 1 aliphatic rings. The van der Waals surface area contributed by atoms with Crippen molar-refractivity contribution >= 4 is 28.5 Å². The van der Waals surface area contributed by atoms with E-state index in [0.717, 1.165) is 18.4 Å². The number of aliphatic hydroxyl groups excluding tert-OH is 1. The van der Waals surface area contributed by atoms with E-state index in [-0.39, 0.29) is 11.9 Å². The van der Waals surface area contributed by atoms with Crippen LogP contribution in [-0.2, 0) is 0 Å². The Kier molecular flexibility index (Phi) is 8.29. The number of amides is 1. The first-order valence-electron chi connectivity index (χ1n) is 13.3. The van der Waals surface area contributed by atoms with Gasteiger partial charge in [-0.3, -0.25) is 0 Å². The van der Waals surface area contributed by atoms with Crippen molar-refractivity contribution in [2.45, 2.75) is 38.1 Å². The van der Waals surface area contributed by atoms with Crippen molar-refractivity contribution in [2.24, 2.45) is 0 Å². The number of nitrogens with one attached hydrogen (secondary N) is 2. The molecule has 0 spiro atoms. The summed E-state index contributed by atoms with van der Waals surface area (Å²) in [7, 11) is 0. The third-order valence-corrected chi connectivity index (χ3v) is 7.00. The molecule has 0 saturated carbocycles. The molecule has 0 aliphatic carbocycles. The highest BCUT2D eigenvalue weighted by molar-refractivity contribution is 5.98. The number of fused-ring (bicyclic) bond motifs is 1. The van der Waals surface area contributed by atoms with Crippen LogP contribution in [0.1, 0.15) is 18.4 Å². The zero-order chi connectivity index (χ0) is 29.9. The van der Waals surface area contributed by atoms with Gasteiger partial charge in [-0.15, -0.1) is 0 Å². The first-order valence-corrected chi connectivity index (χ1v) is 13.3. The molecule has 1 unspecified atom stereocenters. The number of carboxylic acid groups (broad SMARTS) is 1. The zero-order valence-electron chi connectivity index (χ0n) is 22.6. The molecular weight excluding hydrogens is 553 g/mol. The number of rotatable bonds is 8. The van der Waals surface area contributed by atoms with E-state index in [4.69, 9.17) is 4.74 Å². The lowest BCUT2D eigenvalue weighted by Crippen LogP contribution is -2.44. The highest BCUT2D eigenvalue weighted by Gasteiger charge is 2.38. The topological polar surface area (TPSA) is 133 Å². The first kappa shape index (κ1) is 28.9. The molecule has 13 heteroatoms. The van der Waals surface area contributed by atoms with E-state index in [1.54, 1.807) is 60.9 Å². The van der Waals surface area contributed by atoms with Crippen LogP contribution in [0.15, 0.2) is 60.9 Å². The van der Waals surface area contributed by atoms with Crippen LogP contribution in [0.4, 0.5) is 29.6 Å². The third-order valence-electron chi connectivity index (χ3n) is 7.00. The van der Waals surface area contributed by atoms with E-state index in [9.17, 15) is 28.2 Å². The standard InChI is InChI=1S/C29H29F3N6O4/c1-17-9-10-19-20(6-2-8-22(19)35-15-24(39)29(30,31)32)25(17)42-26-21(7-3-12-33-26)23-11-13-34-27(37-23)36-18-5-4-14-38(16-18)28(40)41/h2-3,6-13,18,24,35,39H,4-5,14-16H2,1H3,(H,40,41)(H,34,36,37)/t18?,24-/m0/s1. The second kappa shape index (κ2) is 12.1. The molecule has 2 aromatic carbocycles. The number of benzene rings is 2. The van der Waals surface area contributed by atoms with E-state index >= 15 is 0 Å². The van der Waals surface area contributed by atoms with Crippen LogP contribution in [-0.4, -0.2) is 74.1 Å². The van der Waals surface area contributed by atoms with E-state index in [1.807, 2.05) is 6.92 Å². The summed E-state index contributed by atoms with van der Waals surface area (Å²) in [4.78, 5) is 26.1. The molecule has 0 bridgehead atoms. The number of pyridine rings is 1. The highest BCUT2D eigenvalue weighted by Crippen LogP contribution is 2.38. The lowest BCUT2D eigenvalue weighted by Gasteiger charge is -2.31. The molecule has 4 aromatic rings. The Morgan fingerprint density at radius 3 is 2.74 bits per heavy atom. The Bertz CT molecular complexity index is 1590. The molecule has 1 fully saturated rings. The molecule has 5 rings (SSSR count). The second-order valence-corrected chi connectivity index (χ2v) is 9.99. The summed E-state index contributed by atoms with van der Waals surface area (Å²) in [6.07, 6.45) is -3.52. The summed E-state index contributed by atoms with van der Waals surface area (Å²) in [5.41, 5.74) is 2.30. The molecule has 220 valence electrons. The number of hydrogen-bond acceptors (Lipinski definition) is 8. The predicted octanol–water partition coefficient (Wildman–Crippen LogP) is 5.68. The van der Waals surface area contributed by atoms with Crippen molar-refractivity contribution in [3.05, 3.63) is 66.5 Å². The second-order valence-electron chi connectivity index (χ2n) is 9.99. The number of likely N-dealkylation sites (tertiary alicyclic amines) is 1. The van der Waals surface area contributed by atoms with Crippen LogP contribution in [0.25, 0.3) is 22.0 Å². The normalized spacial score (nSPS) is 16.2. The zero-order valence-corrected chi connectivity index (χ0v) is 22.6. The van der Waals surface area contributed by atoms with Gasteiger partial charge in [0.05, 0.1) is 11.3 Å². The minimum absolute atomic E-state index is 0.131. The maximum Gasteiger partial charge on any atom is 0.416 e. The van der Waals surface area contributed by atoms with Gasteiger partial charge in [-0.05, 0) is 49.6 Å². The van der Waals surface area contributed by atoms with Crippen LogP contribution >= 0.6 is 0 Å². The van der Waals surface area contributed by atoms with Gasteiger partial charge < -0.3 is 30.5 Å². The Hall–Kier alpha value is -4.65. The van der Waals surface area contributed by atoms with Gasteiger partial charge in [-0.25, -0.2) is 19.7 Å². The number of halogens is 3. The van der Waals surface area contributed by atoms with Crippen LogP contribution in [0.5, 0.6) is 11.6 Å².